The zero-order valence-corrected chi connectivity index (χ0v) is 14.6. The number of aryl methyl sites for hydroxylation is 2. The minimum absolute atomic E-state index is 0.0702. The highest BCUT2D eigenvalue weighted by molar-refractivity contribution is 14.1. The van der Waals surface area contributed by atoms with E-state index in [0.29, 0.717) is 0 Å². The average Bonchev–Trinajstić information content (AvgIpc) is 2.61. The van der Waals surface area contributed by atoms with Crippen LogP contribution in [0.4, 0.5) is 0 Å². The second-order valence-electron chi connectivity index (χ2n) is 4.45. The summed E-state index contributed by atoms with van der Waals surface area (Å²) in [5.74, 6) is 5.71. The third kappa shape index (κ3) is 3.36. The monoisotopic (exact) mass is 434 g/mol. The molecule has 19 heavy (non-hydrogen) atoms. The molecular formula is C13H16BrIN4. The fourth-order valence-electron chi connectivity index (χ4n) is 2.09. The molecule has 0 saturated heterocycles. The molecule has 4 nitrogen and oxygen atoms in total. The molecule has 0 aliphatic carbocycles. The van der Waals surface area contributed by atoms with Crippen LogP contribution in [0.15, 0.2) is 28.7 Å². The van der Waals surface area contributed by atoms with E-state index in [1.165, 1.54) is 9.13 Å². The van der Waals surface area contributed by atoms with Crippen molar-refractivity contribution in [3.05, 3.63) is 49.3 Å². The normalized spacial score (nSPS) is 12.7. The van der Waals surface area contributed by atoms with Crippen LogP contribution in [0.3, 0.4) is 0 Å². The van der Waals surface area contributed by atoms with Crippen LogP contribution in [0.2, 0.25) is 0 Å². The van der Waals surface area contributed by atoms with Gasteiger partial charge in [0.15, 0.2) is 0 Å². The molecule has 0 fully saturated rings. The summed E-state index contributed by atoms with van der Waals surface area (Å²) in [5.41, 5.74) is 6.21. The minimum atomic E-state index is 0.0702. The van der Waals surface area contributed by atoms with Gasteiger partial charge in [0.05, 0.1) is 21.9 Å². The summed E-state index contributed by atoms with van der Waals surface area (Å²) in [6.45, 7) is 1.99. The first-order valence-electron chi connectivity index (χ1n) is 5.92. The van der Waals surface area contributed by atoms with Crippen LogP contribution >= 0.6 is 38.5 Å². The average molecular weight is 435 g/mol. The van der Waals surface area contributed by atoms with Crippen molar-refractivity contribution >= 4 is 38.5 Å². The lowest BCUT2D eigenvalue weighted by Gasteiger charge is -2.17. The smallest absolute Gasteiger partial charge is 0.0738 e. The van der Waals surface area contributed by atoms with Crippen LogP contribution in [-0.4, -0.2) is 9.78 Å². The van der Waals surface area contributed by atoms with Gasteiger partial charge in [-0.3, -0.25) is 16.0 Å². The van der Waals surface area contributed by atoms with E-state index in [0.717, 1.165) is 22.3 Å². The highest BCUT2D eigenvalue weighted by Gasteiger charge is 2.17. The Morgan fingerprint density at radius 1 is 1.53 bits per heavy atom. The zero-order chi connectivity index (χ0) is 14.0. The number of hydrogen-bond acceptors (Lipinski definition) is 3. The topological polar surface area (TPSA) is 55.9 Å². The van der Waals surface area contributed by atoms with E-state index in [1.807, 2.05) is 24.7 Å². The molecule has 0 radical (unpaired) electrons. The predicted molar refractivity (Wildman–Crippen MR) is 88.6 cm³/mol. The van der Waals surface area contributed by atoms with Gasteiger partial charge >= 0.3 is 0 Å². The Labute approximate surface area is 135 Å². The molecule has 0 spiro atoms. The lowest BCUT2D eigenvalue weighted by Crippen LogP contribution is -2.30. The molecule has 102 valence electrons. The quantitative estimate of drug-likeness (QED) is 0.442. The fraction of sp³-hybridized carbons (Fsp3) is 0.308. The van der Waals surface area contributed by atoms with Gasteiger partial charge in [-0.1, -0.05) is 12.1 Å². The van der Waals surface area contributed by atoms with Crippen LogP contribution in [0, 0.1) is 10.5 Å². The molecule has 1 atom stereocenters. The highest BCUT2D eigenvalue weighted by atomic mass is 127. The van der Waals surface area contributed by atoms with Crippen molar-refractivity contribution in [1.82, 2.24) is 15.2 Å². The van der Waals surface area contributed by atoms with Crippen molar-refractivity contribution in [2.75, 3.05) is 0 Å². The maximum Gasteiger partial charge on any atom is 0.0738 e. The highest BCUT2D eigenvalue weighted by Crippen LogP contribution is 2.26. The van der Waals surface area contributed by atoms with Gasteiger partial charge in [-0.25, -0.2) is 0 Å². The van der Waals surface area contributed by atoms with Crippen molar-refractivity contribution in [3.8, 4) is 0 Å². The Bertz CT molecular complexity index is 582. The summed E-state index contributed by atoms with van der Waals surface area (Å²) in [6, 6.07) is 8.42. The number of hydrazine groups is 1. The SMILES string of the molecule is Cc1nn(C)c(CC(NN)c2cccc(I)c2)c1Br. The van der Waals surface area contributed by atoms with Crippen molar-refractivity contribution < 1.29 is 0 Å². The van der Waals surface area contributed by atoms with Crippen molar-refractivity contribution in [2.45, 2.75) is 19.4 Å². The Kier molecular flexibility index (Phi) is 4.99. The molecule has 3 N–H and O–H groups in total. The van der Waals surface area contributed by atoms with Crippen LogP contribution in [0.25, 0.3) is 0 Å². The number of halogens is 2. The van der Waals surface area contributed by atoms with Gasteiger partial charge in [0, 0.05) is 17.0 Å². The van der Waals surface area contributed by atoms with Crippen LogP contribution in [0.1, 0.15) is 23.0 Å². The van der Waals surface area contributed by atoms with Crippen LogP contribution < -0.4 is 11.3 Å². The fourth-order valence-corrected chi connectivity index (χ4v) is 3.16. The van der Waals surface area contributed by atoms with E-state index in [-0.39, 0.29) is 6.04 Å². The zero-order valence-electron chi connectivity index (χ0n) is 10.8. The summed E-state index contributed by atoms with van der Waals surface area (Å²) >= 11 is 5.90. The lowest BCUT2D eigenvalue weighted by molar-refractivity contribution is 0.529. The van der Waals surface area contributed by atoms with E-state index >= 15 is 0 Å². The summed E-state index contributed by atoms with van der Waals surface area (Å²) in [5, 5.41) is 4.41. The Morgan fingerprint density at radius 3 is 2.79 bits per heavy atom. The van der Waals surface area contributed by atoms with E-state index < -0.39 is 0 Å². The Morgan fingerprint density at radius 2 is 2.26 bits per heavy atom. The number of aromatic nitrogens is 2. The van der Waals surface area contributed by atoms with Gasteiger partial charge in [-0.05, 0) is 63.1 Å². The van der Waals surface area contributed by atoms with E-state index in [9.17, 15) is 0 Å². The number of nitrogens with zero attached hydrogens (tertiary/aromatic N) is 2. The van der Waals surface area contributed by atoms with Gasteiger partial charge in [-0.2, -0.15) is 5.10 Å². The molecule has 0 amide bonds. The molecular weight excluding hydrogens is 419 g/mol. The lowest BCUT2D eigenvalue weighted by atomic mass is 10.0. The molecule has 0 aliphatic heterocycles. The standard InChI is InChI=1S/C13H16BrIN4/c1-8-13(14)12(19(2)18-8)7-11(17-16)9-4-3-5-10(15)6-9/h3-6,11,17H,7,16H2,1-2H3. The first-order valence-corrected chi connectivity index (χ1v) is 7.79. The molecule has 1 aromatic heterocycles. The third-order valence-corrected chi connectivity index (χ3v) is 4.81. The summed E-state index contributed by atoms with van der Waals surface area (Å²) in [4.78, 5) is 0. The Balaban J connectivity index is 2.29. The van der Waals surface area contributed by atoms with E-state index in [2.05, 4.69) is 67.2 Å². The maximum absolute atomic E-state index is 5.71. The maximum atomic E-state index is 5.71. The molecule has 6 heteroatoms. The summed E-state index contributed by atoms with van der Waals surface area (Å²) < 4.78 is 4.16. The minimum Gasteiger partial charge on any atom is -0.271 e. The Hall–Kier alpha value is -0.440. The molecule has 0 saturated carbocycles. The van der Waals surface area contributed by atoms with Gasteiger partial charge in [0.2, 0.25) is 0 Å². The molecule has 2 rings (SSSR count). The van der Waals surface area contributed by atoms with Crippen molar-refractivity contribution in [3.63, 3.8) is 0 Å². The first-order chi connectivity index (χ1) is 9.02. The van der Waals surface area contributed by atoms with Gasteiger partial charge in [0.25, 0.3) is 0 Å². The largest absolute Gasteiger partial charge is 0.271 e. The van der Waals surface area contributed by atoms with Crippen molar-refractivity contribution in [2.24, 2.45) is 12.9 Å². The molecule has 2 aromatic rings. The van der Waals surface area contributed by atoms with E-state index in [4.69, 9.17) is 5.84 Å². The second-order valence-corrected chi connectivity index (χ2v) is 6.49. The number of nitrogens with one attached hydrogen (secondary N) is 1. The number of nitrogens with two attached hydrogens (primary N) is 1. The van der Waals surface area contributed by atoms with Gasteiger partial charge in [0.1, 0.15) is 0 Å². The van der Waals surface area contributed by atoms with Crippen LogP contribution in [-0.2, 0) is 13.5 Å². The van der Waals surface area contributed by atoms with Gasteiger partial charge < -0.3 is 0 Å². The molecule has 1 heterocycles. The molecule has 0 bridgehead atoms. The molecule has 1 unspecified atom stereocenters. The number of rotatable bonds is 4. The summed E-state index contributed by atoms with van der Waals surface area (Å²) in [7, 11) is 1.95. The summed E-state index contributed by atoms with van der Waals surface area (Å²) in [6.07, 6.45) is 0.786. The third-order valence-electron chi connectivity index (χ3n) is 3.11. The van der Waals surface area contributed by atoms with Crippen molar-refractivity contribution in [1.29, 1.82) is 0 Å². The second kappa shape index (κ2) is 6.34. The van der Waals surface area contributed by atoms with E-state index in [1.54, 1.807) is 0 Å². The number of benzene rings is 1. The molecule has 0 aliphatic rings. The predicted octanol–water partition coefficient (Wildman–Crippen LogP) is 2.84. The van der Waals surface area contributed by atoms with Gasteiger partial charge in [-0.15, -0.1) is 0 Å². The van der Waals surface area contributed by atoms with Crippen LogP contribution in [0.5, 0.6) is 0 Å². The number of hydrogen-bond donors (Lipinski definition) is 2. The first kappa shape index (κ1) is 15.0. The molecule has 1 aromatic carbocycles.